The van der Waals surface area contributed by atoms with Gasteiger partial charge in [0.25, 0.3) is 5.56 Å². The first-order valence-corrected chi connectivity index (χ1v) is 8.47. The van der Waals surface area contributed by atoms with Crippen molar-refractivity contribution in [2.45, 2.75) is 6.54 Å². The third kappa shape index (κ3) is 3.23. The van der Waals surface area contributed by atoms with Gasteiger partial charge in [-0.05, 0) is 29.1 Å². The number of carbonyl (C=O) groups is 1. The SMILES string of the molecule is COCCn1c(C(=O)O)c(-c2ccccc2)c2cc(Br)ccc2c1=O. The van der Waals surface area contributed by atoms with Crippen molar-refractivity contribution in [1.29, 1.82) is 0 Å². The first-order valence-electron chi connectivity index (χ1n) is 7.68. The van der Waals surface area contributed by atoms with Gasteiger partial charge in [-0.3, -0.25) is 9.36 Å². The molecule has 0 saturated heterocycles. The van der Waals surface area contributed by atoms with Crippen molar-refractivity contribution in [3.8, 4) is 11.1 Å². The third-order valence-electron chi connectivity index (χ3n) is 4.02. The monoisotopic (exact) mass is 401 g/mol. The summed E-state index contributed by atoms with van der Waals surface area (Å²) in [5.74, 6) is -1.14. The Balaban J connectivity index is 2.50. The summed E-state index contributed by atoms with van der Waals surface area (Å²) in [6.45, 7) is 0.416. The molecule has 0 saturated carbocycles. The van der Waals surface area contributed by atoms with E-state index in [1.807, 2.05) is 30.3 Å². The molecule has 5 nitrogen and oxygen atoms in total. The average molecular weight is 402 g/mol. The molecule has 0 aliphatic rings. The molecule has 0 radical (unpaired) electrons. The predicted molar refractivity (Wildman–Crippen MR) is 100 cm³/mol. The molecule has 25 heavy (non-hydrogen) atoms. The molecule has 1 heterocycles. The molecule has 0 aliphatic carbocycles. The summed E-state index contributed by atoms with van der Waals surface area (Å²) >= 11 is 3.41. The highest BCUT2D eigenvalue weighted by molar-refractivity contribution is 9.10. The van der Waals surface area contributed by atoms with Crippen LogP contribution in [0.5, 0.6) is 0 Å². The van der Waals surface area contributed by atoms with E-state index < -0.39 is 5.97 Å². The standard InChI is InChI=1S/C19H16BrNO4/c1-25-10-9-21-17(19(23)24)16(12-5-3-2-4-6-12)15-11-13(20)7-8-14(15)18(21)22/h2-8,11H,9-10H2,1H3,(H,23,24). The second-order valence-corrected chi connectivity index (χ2v) is 6.45. The molecule has 3 rings (SSSR count). The first-order chi connectivity index (χ1) is 12.0. The Kier molecular flexibility index (Phi) is 5.01. The molecule has 0 spiro atoms. The van der Waals surface area contributed by atoms with Crippen molar-refractivity contribution in [2.24, 2.45) is 0 Å². The molecule has 1 aromatic heterocycles. The van der Waals surface area contributed by atoms with Gasteiger partial charge in [-0.15, -0.1) is 0 Å². The van der Waals surface area contributed by atoms with E-state index in [9.17, 15) is 14.7 Å². The molecule has 2 aromatic carbocycles. The molecular formula is C19H16BrNO4. The van der Waals surface area contributed by atoms with Gasteiger partial charge in [-0.25, -0.2) is 4.79 Å². The number of nitrogens with zero attached hydrogens (tertiary/aromatic N) is 1. The Morgan fingerprint density at radius 2 is 1.88 bits per heavy atom. The number of hydrogen-bond donors (Lipinski definition) is 1. The van der Waals surface area contributed by atoms with E-state index in [0.29, 0.717) is 16.3 Å². The largest absolute Gasteiger partial charge is 0.477 e. The molecule has 0 bridgehead atoms. The fourth-order valence-electron chi connectivity index (χ4n) is 2.93. The van der Waals surface area contributed by atoms with Crippen molar-refractivity contribution in [3.05, 3.63) is 69.1 Å². The number of benzene rings is 2. The highest BCUT2D eigenvalue weighted by atomic mass is 79.9. The van der Waals surface area contributed by atoms with Crippen molar-refractivity contribution < 1.29 is 14.6 Å². The summed E-state index contributed by atoms with van der Waals surface area (Å²) in [7, 11) is 1.52. The van der Waals surface area contributed by atoms with Gasteiger partial charge in [0.05, 0.1) is 6.61 Å². The van der Waals surface area contributed by atoms with Gasteiger partial charge in [0.15, 0.2) is 0 Å². The zero-order chi connectivity index (χ0) is 18.0. The number of ether oxygens (including phenoxy) is 1. The highest BCUT2D eigenvalue weighted by Crippen LogP contribution is 2.32. The molecule has 0 aliphatic heterocycles. The molecule has 0 amide bonds. The molecule has 128 valence electrons. The van der Waals surface area contributed by atoms with E-state index in [2.05, 4.69) is 15.9 Å². The highest BCUT2D eigenvalue weighted by Gasteiger charge is 2.22. The first kappa shape index (κ1) is 17.4. The number of carboxylic acids is 1. The van der Waals surface area contributed by atoms with Gasteiger partial charge >= 0.3 is 5.97 Å². The number of rotatable bonds is 5. The summed E-state index contributed by atoms with van der Waals surface area (Å²) in [4.78, 5) is 24.9. The van der Waals surface area contributed by atoms with E-state index >= 15 is 0 Å². The minimum atomic E-state index is -1.14. The second kappa shape index (κ2) is 7.21. The minimum Gasteiger partial charge on any atom is -0.477 e. The van der Waals surface area contributed by atoms with Crippen molar-refractivity contribution in [3.63, 3.8) is 0 Å². The maximum Gasteiger partial charge on any atom is 0.353 e. The Hall–Kier alpha value is -2.44. The van der Waals surface area contributed by atoms with Crippen LogP contribution in [0.3, 0.4) is 0 Å². The van der Waals surface area contributed by atoms with Gasteiger partial charge in [0, 0.05) is 29.1 Å². The Labute approximate surface area is 152 Å². The van der Waals surface area contributed by atoms with Crippen LogP contribution >= 0.6 is 15.9 Å². The number of aromatic nitrogens is 1. The van der Waals surface area contributed by atoms with Crippen LogP contribution in [0, 0.1) is 0 Å². The average Bonchev–Trinajstić information content (AvgIpc) is 2.61. The lowest BCUT2D eigenvalue weighted by atomic mass is 9.96. The number of hydrogen-bond acceptors (Lipinski definition) is 3. The summed E-state index contributed by atoms with van der Waals surface area (Å²) in [5, 5.41) is 10.9. The van der Waals surface area contributed by atoms with Gasteiger partial charge in [0.1, 0.15) is 5.69 Å². The molecule has 3 aromatic rings. The van der Waals surface area contributed by atoms with Crippen molar-refractivity contribution in [2.75, 3.05) is 13.7 Å². The van der Waals surface area contributed by atoms with E-state index in [0.717, 1.165) is 10.0 Å². The fourth-order valence-corrected chi connectivity index (χ4v) is 3.30. The van der Waals surface area contributed by atoms with Gasteiger partial charge in [-0.2, -0.15) is 0 Å². The number of pyridine rings is 1. The smallest absolute Gasteiger partial charge is 0.353 e. The molecule has 0 atom stereocenters. The van der Waals surface area contributed by atoms with E-state index in [4.69, 9.17) is 4.74 Å². The number of carboxylic acid groups (broad SMARTS) is 1. The predicted octanol–water partition coefficient (Wildman–Crippen LogP) is 3.78. The zero-order valence-corrected chi connectivity index (χ0v) is 15.1. The van der Waals surface area contributed by atoms with Crippen LogP contribution in [-0.4, -0.2) is 29.4 Å². The topological polar surface area (TPSA) is 68.5 Å². The molecule has 1 N–H and O–H groups in total. The number of aromatic carboxylic acids is 1. The number of halogens is 1. The maximum absolute atomic E-state index is 12.9. The van der Waals surface area contributed by atoms with Gasteiger partial charge in [0.2, 0.25) is 0 Å². The van der Waals surface area contributed by atoms with Gasteiger partial charge < -0.3 is 9.84 Å². The van der Waals surface area contributed by atoms with Crippen LogP contribution in [-0.2, 0) is 11.3 Å². The molecule has 6 heteroatoms. The molecule has 0 unspecified atom stereocenters. The fraction of sp³-hybridized carbons (Fsp3) is 0.158. The lowest BCUT2D eigenvalue weighted by Gasteiger charge is -2.17. The minimum absolute atomic E-state index is 0.0288. The maximum atomic E-state index is 12.9. The zero-order valence-electron chi connectivity index (χ0n) is 13.5. The van der Waals surface area contributed by atoms with Gasteiger partial charge in [-0.1, -0.05) is 46.3 Å². The summed E-state index contributed by atoms with van der Waals surface area (Å²) in [6, 6.07) is 14.5. The normalized spacial score (nSPS) is 11.0. The summed E-state index contributed by atoms with van der Waals surface area (Å²) < 4.78 is 7.11. The molecular weight excluding hydrogens is 386 g/mol. The Bertz CT molecular complexity index is 996. The summed E-state index contributed by atoms with van der Waals surface area (Å²) in [6.07, 6.45) is 0. The van der Waals surface area contributed by atoms with Crippen LogP contribution in [0.2, 0.25) is 0 Å². The lowest BCUT2D eigenvalue weighted by molar-refractivity contribution is 0.0682. The van der Waals surface area contributed by atoms with Crippen molar-refractivity contribution >= 4 is 32.7 Å². The second-order valence-electron chi connectivity index (χ2n) is 5.53. The number of methoxy groups -OCH3 is 1. The van der Waals surface area contributed by atoms with E-state index in [1.54, 1.807) is 18.2 Å². The lowest BCUT2D eigenvalue weighted by Crippen LogP contribution is -2.29. The van der Waals surface area contributed by atoms with Crippen LogP contribution in [0.4, 0.5) is 0 Å². The Morgan fingerprint density at radius 1 is 1.16 bits per heavy atom. The van der Waals surface area contributed by atoms with E-state index in [-0.39, 0.29) is 24.4 Å². The van der Waals surface area contributed by atoms with Crippen LogP contribution < -0.4 is 5.56 Å². The Morgan fingerprint density at radius 3 is 2.52 bits per heavy atom. The quantitative estimate of drug-likeness (QED) is 0.706. The third-order valence-corrected chi connectivity index (χ3v) is 4.51. The van der Waals surface area contributed by atoms with E-state index in [1.165, 1.54) is 11.7 Å². The summed E-state index contributed by atoms with van der Waals surface area (Å²) in [5.41, 5.74) is 0.907. The van der Waals surface area contributed by atoms with Crippen LogP contribution in [0.15, 0.2) is 57.8 Å². The van der Waals surface area contributed by atoms with Crippen LogP contribution in [0.25, 0.3) is 21.9 Å². The number of fused-ring (bicyclic) bond motifs is 1. The van der Waals surface area contributed by atoms with Crippen molar-refractivity contribution in [1.82, 2.24) is 4.57 Å². The van der Waals surface area contributed by atoms with Crippen LogP contribution in [0.1, 0.15) is 10.5 Å². The molecule has 0 fully saturated rings.